The third-order valence-corrected chi connectivity index (χ3v) is 6.74. The third-order valence-electron chi connectivity index (χ3n) is 5.70. The molecule has 3 aromatic rings. The van der Waals surface area contributed by atoms with Crippen LogP contribution in [0.1, 0.15) is 29.6 Å². The molecule has 0 saturated carbocycles. The predicted octanol–water partition coefficient (Wildman–Crippen LogP) is 4.96. The molecule has 0 spiro atoms. The van der Waals surface area contributed by atoms with Gasteiger partial charge in [0.15, 0.2) is 5.13 Å². The van der Waals surface area contributed by atoms with Gasteiger partial charge in [-0.2, -0.15) is 0 Å². The lowest BCUT2D eigenvalue weighted by molar-refractivity contribution is -0.384. The highest BCUT2D eigenvalue weighted by Gasteiger charge is 2.27. The number of amides is 1. The zero-order chi connectivity index (χ0) is 23.5. The highest BCUT2D eigenvalue weighted by molar-refractivity contribution is 7.22. The molecule has 0 atom stereocenters. The van der Waals surface area contributed by atoms with Crippen LogP contribution >= 0.6 is 23.7 Å². The van der Waals surface area contributed by atoms with E-state index < -0.39 is 4.92 Å². The van der Waals surface area contributed by atoms with E-state index in [-0.39, 0.29) is 35.4 Å². The lowest BCUT2D eigenvalue weighted by Crippen LogP contribution is -2.37. The summed E-state index contributed by atoms with van der Waals surface area (Å²) in [5.74, 6) is -0.738. The van der Waals surface area contributed by atoms with E-state index in [9.17, 15) is 19.3 Å². The standard InChI is InChI=1S/C23H26FN5O3S.ClH/c1-26(2)12-13-28(23-25-18-8-7-17(24)15-21(18)33-23)22(30)16-6-9-19(20(14-16)29(31)32)27-10-4-3-5-11-27;/h6-9,14-15H,3-5,10-13H2,1-2H3;1H. The molecule has 1 amide bonds. The summed E-state index contributed by atoms with van der Waals surface area (Å²) in [6, 6.07) is 8.99. The molecular formula is C23H27ClFN5O3S. The molecule has 1 fully saturated rings. The summed E-state index contributed by atoms with van der Waals surface area (Å²) in [7, 11) is 3.79. The molecule has 34 heavy (non-hydrogen) atoms. The van der Waals surface area contributed by atoms with Gasteiger partial charge >= 0.3 is 0 Å². The van der Waals surface area contributed by atoms with Gasteiger partial charge in [0.25, 0.3) is 11.6 Å². The smallest absolute Gasteiger partial charge is 0.293 e. The Morgan fingerprint density at radius 3 is 2.56 bits per heavy atom. The van der Waals surface area contributed by atoms with E-state index in [2.05, 4.69) is 4.98 Å². The van der Waals surface area contributed by atoms with Crippen molar-refractivity contribution in [1.82, 2.24) is 9.88 Å². The molecule has 2 aromatic carbocycles. The summed E-state index contributed by atoms with van der Waals surface area (Å²) in [5, 5.41) is 12.3. The van der Waals surface area contributed by atoms with Gasteiger partial charge in [-0.3, -0.25) is 19.8 Å². The molecule has 4 rings (SSSR count). The number of hydrogen-bond acceptors (Lipinski definition) is 7. The Morgan fingerprint density at radius 2 is 1.88 bits per heavy atom. The fraction of sp³-hybridized carbons (Fsp3) is 0.391. The molecule has 0 bridgehead atoms. The van der Waals surface area contributed by atoms with Crippen molar-refractivity contribution in [1.29, 1.82) is 0 Å². The number of piperidine rings is 1. The normalized spacial score (nSPS) is 13.7. The fourth-order valence-corrected chi connectivity index (χ4v) is 4.96. The number of halogens is 2. The molecule has 2 heterocycles. The number of nitro benzene ring substituents is 1. The van der Waals surface area contributed by atoms with Gasteiger partial charge in [0.05, 0.1) is 15.1 Å². The van der Waals surface area contributed by atoms with Crippen LogP contribution in [-0.4, -0.2) is 61.0 Å². The largest absolute Gasteiger partial charge is 0.366 e. The number of carbonyl (C=O) groups is 1. The highest BCUT2D eigenvalue weighted by atomic mass is 35.5. The van der Waals surface area contributed by atoms with E-state index in [0.29, 0.717) is 34.1 Å². The van der Waals surface area contributed by atoms with Gasteiger partial charge in [0.1, 0.15) is 11.5 Å². The molecule has 8 nitrogen and oxygen atoms in total. The summed E-state index contributed by atoms with van der Waals surface area (Å²) in [5.41, 5.74) is 1.31. The number of benzene rings is 2. The Balaban J connectivity index is 0.00000324. The number of likely N-dealkylation sites (N-methyl/N-ethyl adjacent to an activating group) is 1. The average Bonchev–Trinajstić information content (AvgIpc) is 3.21. The molecule has 0 radical (unpaired) electrons. The van der Waals surface area contributed by atoms with Crippen molar-refractivity contribution in [3.63, 3.8) is 0 Å². The van der Waals surface area contributed by atoms with Gasteiger partial charge in [-0.25, -0.2) is 9.37 Å². The Kier molecular flexibility index (Phi) is 8.40. The Morgan fingerprint density at radius 1 is 1.15 bits per heavy atom. The maximum Gasteiger partial charge on any atom is 0.293 e. The first-order valence-electron chi connectivity index (χ1n) is 10.9. The summed E-state index contributed by atoms with van der Waals surface area (Å²) in [4.78, 5) is 34.9. The molecule has 182 valence electrons. The van der Waals surface area contributed by atoms with Gasteiger partial charge in [-0.1, -0.05) is 11.3 Å². The minimum Gasteiger partial charge on any atom is -0.366 e. The summed E-state index contributed by atoms with van der Waals surface area (Å²) >= 11 is 1.22. The number of thiazole rings is 1. The lowest BCUT2D eigenvalue weighted by Gasteiger charge is -2.28. The number of nitrogens with zero attached hydrogens (tertiary/aromatic N) is 5. The zero-order valence-corrected chi connectivity index (χ0v) is 20.7. The van der Waals surface area contributed by atoms with Crippen molar-refractivity contribution in [2.75, 3.05) is 50.1 Å². The van der Waals surface area contributed by atoms with E-state index in [4.69, 9.17) is 0 Å². The van der Waals surface area contributed by atoms with Gasteiger partial charge in [-0.05, 0) is 63.7 Å². The van der Waals surface area contributed by atoms with E-state index in [1.54, 1.807) is 18.2 Å². The first-order chi connectivity index (χ1) is 15.8. The second kappa shape index (κ2) is 11.1. The zero-order valence-electron chi connectivity index (χ0n) is 19.1. The van der Waals surface area contributed by atoms with Crippen molar-refractivity contribution in [3.05, 3.63) is 57.9 Å². The molecule has 1 aromatic heterocycles. The van der Waals surface area contributed by atoms with Crippen molar-refractivity contribution < 1.29 is 14.1 Å². The van der Waals surface area contributed by atoms with Crippen molar-refractivity contribution >= 4 is 56.4 Å². The Hall–Kier alpha value is -2.82. The molecule has 0 unspecified atom stereocenters. The monoisotopic (exact) mass is 507 g/mol. The molecule has 0 aliphatic carbocycles. The first kappa shape index (κ1) is 25.8. The minimum atomic E-state index is -0.425. The van der Waals surface area contributed by atoms with E-state index in [1.165, 1.54) is 34.4 Å². The molecular weight excluding hydrogens is 481 g/mol. The number of aromatic nitrogens is 1. The second-order valence-electron chi connectivity index (χ2n) is 8.38. The van der Waals surface area contributed by atoms with Crippen molar-refractivity contribution in [3.8, 4) is 0 Å². The Labute approximate surface area is 207 Å². The van der Waals surface area contributed by atoms with Crippen LogP contribution in [0.5, 0.6) is 0 Å². The second-order valence-corrected chi connectivity index (χ2v) is 9.39. The lowest BCUT2D eigenvalue weighted by atomic mass is 10.1. The van der Waals surface area contributed by atoms with Crippen LogP contribution in [0.15, 0.2) is 36.4 Å². The van der Waals surface area contributed by atoms with Crippen LogP contribution in [0, 0.1) is 15.9 Å². The van der Waals surface area contributed by atoms with Gasteiger partial charge in [0, 0.05) is 37.8 Å². The molecule has 1 aliphatic rings. The van der Waals surface area contributed by atoms with Crippen LogP contribution < -0.4 is 9.80 Å². The summed E-state index contributed by atoms with van der Waals surface area (Å²) in [6.45, 7) is 2.45. The van der Waals surface area contributed by atoms with Gasteiger partial charge in [-0.15, -0.1) is 12.4 Å². The average molecular weight is 508 g/mol. The SMILES string of the molecule is CN(C)CCN(C(=O)c1ccc(N2CCCCC2)c([N+](=O)[O-])c1)c1nc2ccc(F)cc2s1.Cl. The Bertz CT molecular complexity index is 1180. The van der Waals surface area contributed by atoms with Gasteiger partial charge < -0.3 is 9.80 Å². The van der Waals surface area contributed by atoms with E-state index in [0.717, 1.165) is 32.4 Å². The van der Waals surface area contributed by atoms with Gasteiger partial charge in [0.2, 0.25) is 0 Å². The topological polar surface area (TPSA) is 82.8 Å². The number of rotatable bonds is 7. The predicted molar refractivity (Wildman–Crippen MR) is 136 cm³/mol. The third kappa shape index (κ3) is 5.63. The summed E-state index contributed by atoms with van der Waals surface area (Å²) < 4.78 is 14.3. The number of carbonyl (C=O) groups excluding carboxylic acids is 1. The highest BCUT2D eigenvalue weighted by Crippen LogP contribution is 2.34. The maximum atomic E-state index is 13.7. The van der Waals surface area contributed by atoms with Crippen LogP contribution in [0.25, 0.3) is 10.2 Å². The minimum absolute atomic E-state index is 0. The van der Waals surface area contributed by atoms with E-state index in [1.807, 2.05) is 23.9 Å². The fourth-order valence-electron chi connectivity index (χ4n) is 3.95. The van der Waals surface area contributed by atoms with Crippen molar-refractivity contribution in [2.45, 2.75) is 19.3 Å². The molecule has 1 aliphatic heterocycles. The maximum absolute atomic E-state index is 13.7. The number of nitro groups is 1. The van der Waals surface area contributed by atoms with Crippen LogP contribution in [0.3, 0.4) is 0 Å². The van der Waals surface area contributed by atoms with Crippen LogP contribution in [0.4, 0.5) is 20.9 Å². The van der Waals surface area contributed by atoms with Crippen LogP contribution in [-0.2, 0) is 0 Å². The first-order valence-corrected chi connectivity index (χ1v) is 11.7. The quantitative estimate of drug-likeness (QED) is 0.332. The van der Waals surface area contributed by atoms with E-state index >= 15 is 0 Å². The number of fused-ring (bicyclic) bond motifs is 1. The summed E-state index contributed by atoms with van der Waals surface area (Å²) in [6.07, 6.45) is 3.11. The van der Waals surface area contributed by atoms with Crippen molar-refractivity contribution in [2.24, 2.45) is 0 Å². The number of hydrogen-bond donors (Lipinski definition) is 0. The molecule has 11 heteroatoms. The molecule has 0 N–H and O–H groups in total. The number of anilines is 2. The van der Waals surface area contributed by atoms with Crippen LogP contribution in [0.2, 0.25) is 0 Å². The molecule has 1 saturated heterocycles.